The van der Waals surface area contributed by atoms with Crippen molar-refractivity contribution in [3.63, 3.8) is 0 Å². The van der Waals surface area contributed by atoms with Gasteiger partial charge in [0.05, 0.1) is 18.2 Å². The van der Waals surface area contributed by atoms with Gasteiger partial charge in [-0.25, -0.2) is 0 Å². The number of carboxylic acids is 1. The summed E-state index contributed by atoms with van der Waals surface area (Å²) in [5.74, 6) is -0.668. The van der Waals surface area contributed by atoms with Crippen molar-refractivity contribution >= 4 is 29.5 Å². The van der Waals surface area contributed by atoms with Gasteiger partial charge in [-0.15, -0.1) is 0 Å². The number of amides is 1. The Kier molecular flexibility index (Phi) is 9.92. The normalized spacial score (nSPS) is 15.8. The molecular formula is C28H36N4O4. The minimum Gasteiger partial charge on any atom is -0.508 e. The number of nitrogens with zero attached hydrogens (tertiary/aromatic N) is 1. The van der Waals surface area contributed by atoms with Crippen molar-refractivity contribution in [1.82, 2.24) is 5.32 Å². The number of hydrogen-bond acceptors (Lipinski definition) is 6. The summed E-state index contributed by atoms with van der Waals surface area (Å²) < 4.78 is 0. The molecule has 0 aliphatic heterocycles. The third-order valence-corrected chi connectivity index (χ3v) is 6.50. The lowest BCUT2D eigenvalue weighted by atomic mass is 9.80. The highest BCUT2D eigenvalue weighted by Crippen LogP contribution is 2.32. The van der Waals surface area contributed by atoms with E-state index in [0.29, 0.717) is 17.9 Å². The Morgan fingerprint density at radius 2 is 1.75 bits per heavy atom. The van der Waals surface area contributed by atoms with Crippen LogP contribution in [0.3, 0.4) is 0 Å². The molecule has 1 amide bonds. The average Bonchev–Trinajstić information content (AvgIpc) is 2.89. The molecule has 0 bridgehead atoms. The van der Waals surface area contributed by atoms with Crippen LogP contribution in [-0.4, -0.2) is 40.9 Å². The molecule has 1 atom stereocenters. The second kappa shape index (κ2) is 13.3. The molecule has 36 heavy (non-hydrogen) atoms. The molecule has 0 saturated heterocycles. The van der Waals surface area contributed by atoms with E-state index >= 15 is 0 Å². The molecule has 2 aromatic carbocycles. The zero-order valence-electron chi connectivity index (χ0n) is 20.7. The first kappa shape index (κ1) is 26.8. The molecule has 0 heterocycles. The van der Waals surface area contributed by atoms with Gasteiger partial charge >= 0.3 is 5.97 Å². The number of rotatable bonds is 11. The van der Waals surface area contributed by atoms with Crippen LogP contribution >= 0.6 is 0 Å². The molecular weight excluding hydrogens is 456 g/mol. The van der Waals surface area contributed by atoms with Crippen LogP contribution in [0.1, 0.15) is 62.2 Å². The molecule has 0 radical (unpaired) electrons. The Morgan fingerprint density at radius 1 is 1.08 bits per heavy atom. The molecule has 192 valence electrons. The lowest BCUT2D eigenvalue weighted by molar-refractivity contribution is -0.136. The maximum Gasteiger partial charge on any atom is 0.305 e. The van der Waals surface area contributed by atoms with E-state index in [9.17, 15) is 14.7 Å². The quantitative estimate of drug-likeness (QED) is 0.281. The second-order valence-corrected chi connectivity index (χ2v) is 9.11. The van der Waals surface area contributed by atoms with Crippen LogP contribution in [0.2, 0.25) is 0 Å². The standard InChI is InChI=1S/C28H36N4O4/c1-2-25(29)24(18-31-21-12-14-23(33)15-13-21)27(19-6-4-3-5-7-19)32-22-10-8-20(9-11-22)28(36)30-17-16-26(34)35/h8-15,18-19,27,32-33H,2-7,16-17,29H2,1H3,(H,30,36)(H,34,35). The van der Waals surface area contributed by atoms with Crippen molar-refractivity contribution in [3.8, 4) is 5.75 Å². The molecule has 1 unspecified atom stereocenters. The van der Waals surface area contributed by atoms with Crippen LogP contribution in [0.25, 0.3) is 0 Å². The number of aliphatic carboxylic acids is 1. The Balaban J connectivity index is 1.82. The largest absolute Gasteiger partial charge is 0.508 e. The molecule has 8 nitrogen and oxygen atoms in total. The van der Waals surface area contributed by atoms with Crippen LogP contribution in [0, 0.1) is 5.92 Å². The van der Waals surface area contributed by atoms with E-state index in [1.54, 1.807) is 36.4 Å². The van der Waals surface area contributed by atoms with E-state index in [-0.39, 0.29) is 30.7 Å². The third-order valence-electron chi connectivity index (χ3n) is 6.50. The van der Waals surface area contributed by atoms with Crippen LogP contribution in [0.15, 0.2) is 64.8 Å². The summed E-state index contributed by atoms with van der Waals surface area (Å²) in [5, 5.41) is 24.6. The Bertz CT molecular complexity index is 1070. The number of aromatic hydroxyl groups is 1. The van der Waals surface area contributed by atoms with E-state index in [2.05, 4.69) is 15.6 Å². The van der Waals surface area contributed by atoms with Gasteiger partial charge in [-0.3, -0.25) is 14.6 Å². The number of aliphatic imine (C=N–C) groups is 1. The van der Waals surface area contributed by atoms with Crippen LogP contribution < -0.4 is 16.4 Å². The summed E-state index contributed by atoms with van der Waals surface area (Å²) >= 11 is 0. The number of allylic oxidation sites excluding steroid dienone is 1. The average molecular weight is 493 g/mol. The zero-order chi connectivity index (χ0) is 25.9. The first-order chi connectivity index (χ1) is 17.4. The lowest BCUT2D eigenvalue weighted by Gasteiger charge is -2.33. The predicted molar refractivity (Wildman–Crippen MR) is 143 cm³/mol. The van der Waals surface area contributed by atoms with Gasteiger partial charge in [-0.05, 0) is 73.7 Å². The van der Waals surface area contributed by atoms with Crippen molar-refractivity contribution in [2.24, 2.45) is 16.6 Å². The fourth-order valence-corrected chi connectivity index (χ4v) is 4.45. The summed E-state index contributed by atoms with van der Waals surface area (Å²) in [5.41, 5.74) is 10.3. The number of phenols is 1. The Hall–Kier alpha value is -3.81. The smallest absolute Gasteiger partial charge is 0.305 e. The number of nitrogens with one attached hydrogen (secondary N) is 2. The van der Waals surface area contributed by atoms with Gasteiger partial charge in [-0.1, -0.05) is 26.2 Å². The van der Waals surface area contributed by atoms with Crippen molar-refractivity contribution in [2.45, 2.75) is 57.9 Å². The maximum absolute atomic E-state index is 12.3. The summed E-state index contributed by atoms with van der Waals surface area (Å²) in [7, 11) is 0. The summed E-state index contributed by atoms with van der Waals surface area (Å²) in [6.07, 6.45) is 8.18. The van der Waals surface area contributed by atoms with Crippen LogP contribution in [-0.2, 0) is 4.79 Å². The van der Waals surface area contributed by atoms with Crippen LogP contribution in [0.5, 0.6) is 5.75 Å². The van der Waals surface area contributed by atoms with Gasteiger partial charge in [0, 0.05) is 35.3 Å². The van der Waals surface area contributed by atoms with E-state index in [0.717, 1.165) is 35.5 Å². The topological polar surface area (TPSA) is 137 Å². The van der Waals surface area contributed by atoms with Crippen molar-refractivity contribution in [3.05, 3.63) is 65.4 Å². The molecule has 1 aliphatic carbocycles. The third kappa shape index (κ3) is 7.86. The van der Waals surface area contributed by atoms with Crippen LogP contribution in [0.4, 0.5) is 11.4 Å². The predicted octanol–water partition coefficient (Wildman–Crippen LogP) is 4.98. The van der Waals surface area contributed by atoms with E-state index in [4.69, 9.17) is 10.8 Å². The number of carbonyl (C=O) groups is 2. The van der Waals surface area contributed by atoms with Crippen molar-refractivity contribution in [1.29, 1.82) is 0 Å². The molecule has 0 aromatic heterocycles. The SMILES string of the molecule is CCC(N)=C(C=Nc1ccc(O)cc1)C(Nc1ccc(C(=O)NCCC(=O)O)cc1)C1CCCCC1. The number of nitrogens with two attached hydrogens (primary N) is 1. The molecule has 1 saturated carbocycles. The molecule has 6 N–H and O–H groups in total. The van der Waals surface area contributed by atoms with E-state index < -0.39 is 5.97 Å². The summed E-state index contributed by atoms with van der Waals surface area (Å²) in [4.78, 5) is 27.6. The molecule has 1 fully saturated rings. The first-order valence-corrected chi connectivity index (χ1v) is 12.6. The highest BCUT2D eigenvalue weighted by Gasteiger charge is 2.27. The van der Waals surface area contributed by atoms with Crippen molar-refractivity contribution < 1.29 is 19.8 Å². The summed E-state index contributed by atoms with van der Waals surface area (Å²) in [6, 6.07) is 13.9. The van der Waals surface area contributed by atoms with Crippen molar-refractivity contribution in [2.75, 3.05) is 11.9 Å². The fraction of sp³-hybridized carbons (Fsp3) is 0.393. The molecule has 0 spiro atoms. The Labute approximate surface area is 212 Å². The second-order valence-electron chi connectivity index (χ2n) is 9.11. The van der Waals surface area contributed by atoms with Gasteiger partial charge in [0.2, 0.25) is 0 Å². The molecule has 1 aliphatic rings. The van der Waals surface area contributed by atoms with Gasteiger partial charge in [0.1, 0.15) is 5.75 Å². The van der Waals surface area contributed by atoms with E-state index in [1.807, 2.05) is 25.3 Å². The van der Waals surface area contributed by atoms with E-state index in [1.165, 1.54) is 19.3 Å². The minimum absolute atomic E-state index is 0.0404. The highest BCUT2D eigenvalue weighted by molar-refractivity contribution is 5.94. The molecule has 3 rings (SSSR count). The summed E-state index contributed by atoms with van der Waals surface area (Å²) in [6.45, 7) is 2.11. The van der Waals surface area contributed by atoms with Gasteiger partial charge in [-0.2, -0.15) is 0 Å². The number of hydrogen-bond donors (Lipinski definition) is 5. The fourth-order valence-electron chi connectivity index (χ4n) is 4.45. The van der Waals surface area contributed by atoms with Gasteiger partial charge < -0.3 is 26.6 Å². The zero-order valence-corrected chi connectivity index (χ0v) is 20.7. The number of benzene rings is 2. The minimum atomic E-state index is -0.951. The van der Waals surface area contributed by atoms with Gasteiger partial charge in [0.25, 0.3) is 5.91 Å². The Morgan fingerprint density at radius 3 is 2.36 bits per heavy atom. The number of carbonyl (C=O) groups excluding carboxylic acids is 1. The monoisotopic (exact) mass is 492 g/mol. The number of carboxylic acid groups (broad SMARTS) is 1. The highest BCUT2D eigenvalue weighted by atomic mass is 16.4. The first-order valence-electron chi connectivity index (χ1n) is 12.6. The number of anilines is 1. The lowest BCUT2D eigenvalue weighted by Crippen LogP contribution is -2.35. The molecule has 2 aromatic rings. The molecule has 8 heteroatoms. The van der Waals surface area contributed by atoms with Gasteiger partial charge in [0.15, 0.2) is 0 Å². The number of phenolic OH excluding ortho intramolecular Hbond substituents is 1. The maximum atomic E-state index is 12.3.